The van der Waals surface area contributed by atoms with Gasteiger partial charge in [-0.25, -0.2) is 0 Å². The molecule has 0 aliphatic rings. The molecule has 1 aromatic heterocycles. The van der Waals surface area contributed by atoms with Crippen molar-refractivity contribution in [1.82, 2.24) is 4.98 Å². The molecular formula is C15H17NO2. The van der Waals surface area contributed by atoms with Crippen molar-refractivity contribution >= 4 is 16.9 Å². The summed E-state index contributed by atoms with van der Waals surface area (Å²) in [6.07, 6.45) is 2.05. The summed E-state index contributed by atoms with van der Waals surface area (Å²) in [5.41, 5.74) is 1.45. The van der Waals surface area contributed by atoms with Crippen molar-refractivity contribution in [1.29, 1.82) is 0 Å². The van der Waals surface area contributed by atoms with Crippen LogP contribution in [0.25, 0.3) is 10.9 Å². The summed E-state index contributed by atoms with van der Waals surface area (Å²) in [7, 11) is 0. The third-order valence-corrected chi connectivity index (χ3v) is 2.44. The Labute approximate surface area is 107 Å². The second-order valence-electron chi connectivity index (χ2n) is 5.29. The highest BCUT2D eigenvalue weighted by Gasteiger charge is 2.16. The van der Waals surface area contributed by atoms with Crippen molar-refractivity contribution in [3.05, 3.63) is 42.1 Å². The molecule has 0 N–H and O–H groups in total. The minimum atomic E-state index is -0.435. The van der Waals surface area contributed by atoms with Crippen LogP contribution in [0, 0.1) is 0 Å². The molecule has 1 heterocycles. The molecule has 0 saturated heterocycles. The molecule has 0 saturated carbocycles. The number of carbonyl (C=O) groups is 1. The van der Waals surface area contributed by atoms with Gasteiger partial charge in [0, 0.05) is 11.6 Å². The quantitative estimate of drug-likeness (QED) is 0.761. The zero-order valence-corrected chi connectivity index (χ0v) is 10.9. The number of carbonyl (C=O) groups excluding carboxylic acids is 1. The van der Waals surface area contributed by atoms with E-state index in [1.807, 2.05) is 51.1 Å². The van der Waals surface area contributed by atoms with Gasteiger partial charge in [0.25, 0.3) is 0 Å². The van der Waals surface area contributed by atoms with E-state index in [2.05, 4.69) is 4.98 Å². The number of esters is 1. The standard InChI is InChI=1S/C15H17NO2/c1-15(2,3)18-14(17)10-11-6-7-13-12(9-11)5-4-8-16-13/h4-9H,10H2,1-3H3. The first kappa shape index (κ1) is 12.6. The van der Waals surface area contributed by atoms with E-state index in [9.17, 15) is 4.79 Å². The van der Waals surface area contributed by atoms with Crippen LogP contribution in [0.3, 0.4) is 0 Å². The van der Waals surface area contributed by atoms with E-state index in [0.717, 1.165) is 16.5 Å². The smallest absolute Gasteiger partial charge is 0.310 e. The van der Waals surface area contributed by atoms with E-state index in [4.69, 9.17) is 4.74 Å². The van der Waals surface area contributed by atoms with Gasteiger partial charge in [0.1, 0.15) is 5.60 Å². The third-order valence-electron chi connectivity index (χ3n) is 2.44. The zero-order chi connectivity index (χ0) is 13.2. The van der Waals surface area contributed by atoms with Crippen LogP contribution in [0.15, 0.2) is 36.5 Å². The first-order valence-electron chi connectivity index (χ1n) is 5.99. The molecule has 2 aromatic rings. The summed E-state index contributed by atoms with van der Waals surface area (Å²) in [6.45, 7) is 5.61. The number of rotatable bonds is 2. The van der Waals surface area contributed by atoms with Gasteiger partial charge in [-0.05, 0) is 44.5 Å². The molecule has 3 nitrogen and oxygen atoms in total. The van der Waals surface area contributed by atoms with Crippen LogP contribution in [0.4, 0.5) is 0 Å². The van der Waals surface area contributed by atoms with Crippen molar-refractivity contribution in [2.75, 3.05) is 0 Å². The molecule has 0 radical (unpaired) electrons. The molecule has 1 aromatic carbocycles. The number of nitrogens with zero attached hydrogens (tertiary/aromatic N) is 1. The summed E-state index contributed by atoms with van der Waals surface area (Å²) in [5, 5.41) is 1.04. The molecule has 94 valence electrons. The Morgan fingerprint density at radius 2 is 2.06 bits per heavy atom. The molecule has 0 atom stereocenters. The highest BCUT2D eigenvalue weighted by atomic mass is 16.6. The Morgan fingerprint density at radius 1 is 1.28 bits per heavy atom. The van der Waals surface area contributed by atoms with Gasteiger partial charge in [0.2, 0.25) is 0 Å². The van der Waals surface area contributed by atoms with Crippen LogP contribution in [0.5, 0.6) is 0 Å². The van der Waals surface area contributed by atoms with Gasteiger partial charge in [-0.1, -0.05) is 12.1 Å². The summed E-state index contributed by atoms with van der Waals surface area (Å²) in [6, 6.07) is 9.70. The number of hydrogen-bond acceptors (Lipinski definition) is 3. The van der Waals surface area contributed by atoms with Crippen molar-refractivity contribution in [3.63, 3.8) is 0 Å². The highest BCUT2D eigenvalue weighted by Crippen LogP contribution is 2.15. The Balaban J connectivity index is 2.15. The molecule has 0 amide bonds. The average molecular weight is 243 g/mol. The normalized spacial score (nSPS) is 11.5. The van der Waals surface area contributed by atoms with Gasteiger partial charge in [-0.15, -0.1) is 0 Å². The van der Waals surface area contributed by atoms with Gasteiger partial charge in [0.05, 0.1) is 11.9 Å². The molecule has 0 spiro atoms. The molecule has 0 aliphatic carbocycles. The van der Waals surface area contributed by atoms with E-state index < -0.39 is 5.60 Å². The number of ether oxygens (including phenoxy) is 1. The Kier molecular flexibility index (Phi) is 3.32. The van der Waals surface area contributed by atoms with Gasteiger partial charge >= 0.3 is 5.97 Å². The first-order valence-corrected chi connectivity index (χ1v) is 5.99. The summed E-state index contributed by atoms with van der Waals surface area (Å²) in [4.78, 5) is 16.0. The van der Waals surface area contributed by atoms with E-state index in [1.165, 1.54) is 0 Å². The summed E-state index contributed by atoms with van der Waals surface area (Å²) < 4.78 is 5.30. The Hall–Kier alpha value is -1.90. The highest BCUT2D eigenvalue weighted by molar-refractivity contribution is 5.81. The number of hydrogen-bond donors (Lipinski definition) is 0. The van der Waals surface area contributed by atoms with Crippen molar-refractivity contribution in [2.24, 2.45) is 0 Å². The zero-order valence-electron chi connectivity index (χ0n) is 10.9. The van der Waals surface area contributed by atoms with E-state index in [0.29, 0.717) is 6.42 Å². The lowest BCUT2D eigenvalue weighted by atomic mass is 10.1. The van der Waals surface area contributed by atoms with Crippen molar-refractivity contribution in [3.8, 4) is 0 Å². The van der Waals surface area contributed by atoms with Gasteiger partial charge < -0.3 is 4.74 Å². The number of fused-ring (bicyclic) bond motifs is 1. The maximum atomic E-state index is 11.7. The largest absolute Gasteiger partial charge is 0.460 e. The fourth-order valence-electron chi connectivity index (χ4n) is 1.78. The Bertz CT molecular complexity index is 570. The van der Waals surface area contributed by atoms with Crippen molar-refractivity contribution in [2.45, 2.75) is 32.8 Å². The van der Waals surface area contributed by atoms with E-state index in [-0.39, 0.29) is 5.97 Å². The second kappa shape index (κ2) is 4.77. The topological polar surface area (TPSA) is 39.2 Å². The van der Waals surface area contributed by atoms with E-state index >= 15 is 0 Å². The van der Waals surface area contributed by atoms with Gasteiger partial charge in [0.15, 0.2) is 0 Å². The monoisotopic (exact) mass is 243 g/mol. The van der Waals surface area contributed by atoms with Crippen LogP contribution in [-0.4, -0.2) is 16.6 Å². The summed E-state index contributed by atoms with van der Waals surface area (Å²) >= 11 is 0. The second-order valence-corrected chi connectivity index (χ2v) is 5.29. The lowest BCUT2D eigenvalue weighted by molar-refractivity contribution is -0.153. The minimum Gasteiger partial charge on any atom is -0.460 e. The lowest BCUT2D eigenvalue weighted by Gasteiger charge is -2.19. The first-order chi connectivity index (χ1) is 8.44. The van der Waals surface area contributed by atoms with Crippen molar-refractivity contribution < 1.29 is 9.53 Å². The van der Waals surface area contributed by atoms with Crippen LogP contribution in [0.1, 0.15) is 26.3 Å². The van der Waals surface area contributed by atoms with Gasteiger partial charge in [-0.3, -0.25) is 9.78 Å². The lowest BCUT2D eigenvalue weighted by Crippen LogP contribution is -2.24. The predicted octanol–water partition coefficient (Wildman–Crippen LogP) is 3.12. The van der Waals surface area contributed by atoms with Crippen LogP contribution in [0.2, 0.25) is 0 Å². The average Bonchev–Trinajstić information content (AvgIpc) is 2.26. The van der Waals surface area contributed by atoms with Crippen LogP contribution < -0.4 is 0 Å². The molecule has 0 aliphatic heterocycles. The molecule has 3 heteroatoms. The third kappa shape index (κ3) is 3.29. The SMILES string of the molecule is CC(C)(C)OC(=O)Cc1ccc2ncccc2c1. The fraction of sp³-hybridized carbons (Fsp3) is 0.333. The number of aromatic nitrogens is 1. The predicted molar refractivity (Wildman–Crippen MR) is 71.3 cm³/mol. The minimum absolute atomic E-state index is 0.203. The van der Waals surface area contributed by atoms with Gasteiger partial charge in [-0.2, -0.15) is 0 Å². The summed E-state index contributed by atoms with van der Waals surface area (Å²) in [5.74, 6) is -0.203. The molecule has 0 bridgehead atoms. The van der Waals surface area contributed by atoms with Crippen LogP contribution in [-0.2, 0) is 16.0 Å². The maximum absolute atomic E-state index is 11.7. The fourth-order valence-corrected chi connectivity index (χ4v) is 1.78. The molecule has 0 fully saturated rings. The van der Waals surface area contributed by atoms with E-state index in [1.54, 1.807) is 6.20 Å². The van der Waals surface area contributed by atoms with Crippen LogP contribution >= 0.6 is 0 Å². The molecule has 18 heavy (non-hydrogen) atoms. The molecule has 0 unspecified atom stereocenters. The number of benzene rings is 1. The molecule has 2 rings (SSSR count). The number of pyridine rings is 1. The Morgan fingerprint density at radius 3 is 2.78 bits per heavy atom. The molecular weight excluding hydrogens is 226 g/mol. The maximum Gasteiger partial charge on any atom is 0.310 e.